The van der Waals surface area contributed by atoms with Crippen molar-refractivity contribution in [2.45, 2.75) is 83.1 Å². The third-order valence-electron chi connectivity index (χ3n) is 9.01. The lowest BCUT2D eigenvalue weighted by atomic mass is 9.70. The minimum Gasteiger partial charge on any atom is -0.494 e. The van der Waals surface area contributed by atoms with E-state index in [1.54, 1.807) is 26.9 Å². The van der Waals surface area contributed by atoms with Gasteiger partial charge in [-0.15, -0.1) is 13.2 Å². The number of likely N-dealkylation sites (tertiary alicyclic amines) is 1. The summed E-state index contributed by atoms with van der Waals surface area (Å²) in [6, 6.07) is 6.46. The summed E-state index contributed by atoms with van der Waals surface area (Å²) in [7, 11) is 0. The molecule has 6 atom stereocenters. The largest absolute Gasteiger partial charge is 0.494 e. The summed E-state index contributed by atoms with van der Waals surface area (Å²) in [5.41, 5.74) is -0.383. The van der Waals surface area contributed by atoms with E-state index in [0.717, 1.165) is 12.8 Å². The Kier molecular flexibility index (Phi) is 10.5. The van der Waals surface area contributed by atoms with Gasteiger partial charge in [-0.1, -0.05) is 25.5 Å². The van der Waals surface area contributed by atoms with Crippen molar-refractivity contribution in [1.82, 2.24) is 9.80 Å². The highest BCUT2D eigenvalue weighted by molar-refractivity contribution is 6.03. The van der Waals surface area contributed by atoms with E-state index in [0.29, 0.717) is 56.8 Å². The molecular weight excluding hydrogens is 534 g/mol. The van der Waals surface area contributed by atoms with Crippen LogP contribution in [0.2, 0.25) is 0 Å². The van der Waals surface area contributed by atoms with E-state index >= 15 is 0 Å². The van der Waals surface area contributed by atoms with Crippen molar-refractivity contribution < 1.29 is 29.0 Å². The number of anilines is 1. The van der Waals surface area contributed by atoms with Crippen LogP contribution in [0.15, 0.2) is 49.6 Å². The Morgan fingerprint density at radius 1 is 1.17 bits per heavy atom. The molecule has 0 radical (unpaired) electrons. The van der Waals surface area contributed by atoms with Gasteiger partial charge < -0.3 is 29.3 Å². The van der Waals surface area contributed by atoms with Gasteiger partial charge in [-0.05, 0) is 70.2 Å². The fourth-order valence-electron chi connectivity index (χ4n) is 7.23. The number of unbranched alkanes of at least 4 members (excludes halogenated alkanes) is 1. The van der Waals surface area contributed by atoms with Gasteiger partial charge in [0, 0.05) is 38.0 Å². The second-order valence-electron chi connectivity index (χ2n) is 11.6. The molecule has 3 heterocycles. The van der Waals surface area contributed by atoms with Gasteiger partial charge in [-0.3, -0.25) is 14.4 Å². The van der Waals surface area contributed by atoms with E-state index in [2.05, 4.69) is 20.1 Å². The molecule has 2 bridgehead atoms. The summed E-state index contributed by atoms with van der Waals surface area (Å²) in [4.78, 5) is 48.2. The molecule has 42 heavy (non-hydrogen) atoms. The third kappa shape index (κ3) is 5.73. The van der Waals surface area contributed by atoms with Crippen LogP contribution >= 0.6 is 0 Å². The van der Waals surface area contributed by atoms with E-state index in [1.165, 1.54) is 0 Å². The molecule has 9 nitrogen and oxygen atoms in total. The van der Waals surface area contributed by atoms with Gasteiger partial charge in [0.1, 0.15) is 17.4 Å². The molecule has 1 spiro atoms. The summed E-state index contributed by atoms with van der Waals surface area (Å²) in [6.45, 7) is 15.3. The average Bonchev–Trinajstić information content (AvgIpc) is 3.62. The second kappa shape index (κ2) is 13.9. The van der Waals surface area contributed by atoms with Gasteiger partial charge in [0.25, 0.3) is 0 Å². The van der Waals surface area contributed by atoms with Crippen LogP contribution in [0, 0.1) is 11.8 Å². The number of benzene rings is 1. The van der Waals surface area contributed by atoms with Crippen LogP contribution < -0.4 is 9.64 Å². The summed E-state index contributed by atoms with van der Waals surface area (Å²) < 4.78 is 12.2. The Labute approximate surface area is 250 Å². The number of aliphatic hydroxyl groups excluding tert-OH is 1. The maximum Gasteiger partial charge on any atom is 0.248 e. The molecule has 3 saturated heterocycles. The standard InChI is InChI=1S/C33H47N3O6/c1-6-12-23(5)34(19-7-2)32(40)29-33-18-17-26(42-33)27(28(33)31(39)36(29)21-10-11-22-37)30(38)35(20-8-3)24-13-15-25(16-14-24)41-9-4/h7-8,13-16,23,26-29,37H,2-3,6,9-12,17-22H2,1,4-5H3/t23?,26-,27+,28-,29?,33?/m0/s1. The molecule has 1 aromatic rings. The van der Waals surface area contributed by atoms with Crippen LogP contribution in [-0.2, 0) is 19.1 Å². The molecule has 3 amide bonds. The van der Waals surface area contributed by atoms with Crippen LogP contribution in [0.4, 0.5) is 5.69 Å². The molecule has 1 N–H and O–H groups in total. The third-order valence-corrected chi connectivity index (χ3v) is 9.01. The molecule has 3 aliphatic rings. The lowest BCUT2D eigenvalue weighted by Gasteiger charge is -2.39. The van der Waals surface area contributed by atoms with Gasteiger partial charge in [-0.2, -0.15) is 0 Å². The maximum atomic E-state index is 14.4. The molecular formula is C33H47N3O6. The molecule has 0 aliphatic carbocycles. The highest BCUT2D eigenvalue weighted by Gasteiger charge is 2.74. The molecule has 4 rings (SSSR count). The molecule has 0 aromatic heterocycles. The molecule has 3 unspecified atom stereocenters. The van der Waals surface area contributed by atoms with Crippen LogP contribution in [0.3, 0.4) is 0 Å². The van der Waals surface area contributed by atoms with E-state index in [4.69, 9.17) is 9.47 Å². The van der Waals surface area contributed by atoms with Crippen molar-refractivity contribution in [3.05, 3.63) is 49.6 Å². The fraction of sp³-hybridized carbons (Fsp3) is 0.606. The van der Waals surface area contributed by atoms with Gasteiger partial charge >= 0.3 is 0 Å². The number of rotatable bonds is 16. The summed E-state index contributed by atoms with van der Waals surface area (Å²) >= 11 is 0. The average molecular weight is 582 g/mol. The quantitative estimate of drug-likeness (QED) is 0.234. The van der Waals surface area contributed by atoms with E-state index in [1.807, 2.05) is 38.1 Å². The monoisotopic (exact) mass is 581 g/mol. The molecule has 3 fully saturated rings. The molecule has 0 saturated carbocycles. The van der Waals surface area contributed by atoms with Crippen molar-refractivity contribution in [2.24, 2.45) is 11.8 Å². The Balaban J connectivity index is 1.71. The lowest BCUT2D eigenvalue weighted by Crippen LogP contribution is -2.58. The fourth-order valence-corrected chi connectivity index (χ4v) is 7.23. The summed E-state index contributed by atoms with van der Waals surface area (Å²) in [6.07, 6.45) is 6.89. The highest BCUT2D eigenvalue weighted by Crippen LogP contribution is 2.59. The smallest absolute Gasteiger partial charge is 0.248 e. The first-order valence-corrected chi connectivity index (χ1v) is 15.4. The number of hydrogen-bond donors (Lipinski definition) is 1. The van der Waals surface area contributed by atoms with Gasteiger partial charge in [0.2, 0.25) is 17.7 Å². The van der Waals surface area contributed by atoms with Crippen LogP contribution in [0.5, 0.6) is 5.75 Å². The van der Waals surface area contributed by atoms with Crippen LogP contribution in [-0.4, -0.2) is 89.3 Å². The molecule has 3 aliphatic heterocycles. The van der Waals surface area contributed by atoms with Crippen molar-refractivity contribution in [3.63, 3.8) is 0 Å². The summed E-state index contributed by atoms with van der Waals surface area (Å²) in [5, 5.41) is 9.44. The number of nitrogens with zero attached hydrogens (tertiary/aromatic N) is 3. The normalized spacial score (nSPS) is 26.6. The number of ether oxygens (including phenoxy) is 2. The number of aliphatic hydroxyl groups is 1. The Hall–Kier alpha value is -3.17. The first-order valence-electron chi connectivity index (χ1n) is 15.4. The Morgan fingerprint density at radius 2 is 1.88 bits per heavy atom. The zero-order valence-electron chi connectivity index (χ0n) is 25.4. The van der Waals surface area contributed by atoms with E-state index < -0.39 is 29.6 Å². The molecule has 9 heteroatoms. The molecule has 1 aromatic carbocycles. The molecule has 230 valence electrons. The van der Waals surface area contributed by atoms with Gasteiger partial charge in [0.05, 0.1) is 24.5 Å². The Morgan fingerprint density at radius 3 is 2.50 bits per heavy atom. The maximum absolute atomic E-state index is 14.4. The topological polar surface area (TPSA) is 99.6 Å². The minimum absolute atomic E-state index is 0.00359. The number of fused-ring (bicyclic) bond motifs is 1. The van der Waals surface area contributed by atoms with Crippen molar-refractivity contribution in [1.29, 1.82) is 0 Å². The first kappa shape index (κ1) is 31.8. The first-order chi connectivity index (χ1) is 20.3. The zero-order chi connectivity index (χ0) is 30.4. The highest BCUT2D eigenvalue weighted by atomic mass is 16.5. The minimum atomic E-state index is -1.07. The van der Waals surface area contributed by atoms with Crippen molar-refractivity contribution in [2.75, 3.05) is 37.7 Å². The number of hydrogen-bond acceptors (Lipinski definition) is 6. The summed E-state index contributed by atoms with van der Waals surface area (Å²) in [5.74, 6) is -1.32. The van der Waals surface area contributed by atoms with Gasteiger partial charge in [-0.25, -0.2) is 0 Å². The van der Waals surface area contributed by atoms with E-state index in [9.17, 15) is 19.5 Å². The lowest BCUT2D eigenvalue weighted by molar-refractivity contribution is -0.149. The van der Waals surface area contributed by atoms with E-state index in [-0.39, 0.29) is 36.9 Å². The number of carbonyl (C=O) groups excluding carboxylic acids is 3. The van der Waals surface area contributed by atoms with Crippen LogP contribution in [0.25, 0.3) is 0 Å². The number of amides is 3. The van der Waals surface area contributed by atoms with Gasteiger partial charge in [0.15, 0.2) is 0 Å². The number of carbonyl (C=O) groups is 3. The SMILES string of the molecule is C=CCN(C(=O)[C@@H]1[C@@H]2CCC3(O2)C(C(=O)N(CC=C)C(C)CCC)N(CCCCO)C(=O)[C@H]13)c1ccc(OCC)cc1. The Bertz CT molecular complexity index is 1140. The van der Waals surface area contributed by atoms with Crippen molar-refractivity contribution in [3.8, 4) is 5.75 Å². The van der Waals surface area contributed by atoms with Crippen LogP contribution in [0.1, 0.15) is 59.3 Å². The predicted molar refractivity (Wildman–Crippen MR) is 162 cm³/mol. The van der Waals surface area contributed by atoms with Crippen molar-refractivity contribution >= 4 is 23.4 Å². The second-order valence-corrected chi connectivity index (χ2v) is 11.6. The zero-order valence-corrected chi connectivity index (χ0v) is 25.4. The predicted octanol–water partition coefficient (Wildman–Crippen LogP) is 3.95.